The first-order valence-electron chi connectivity index (χ1n) is 4.57. The Morgan fingerprint density at radius 3 is 2.62 bits per heavy atom. The SMILES string of the molecule is CC(C)(NC(=O)Cn1cnc(N)n1)C(N)=O. The summed E-state index contributed by atoms with van der Waals surface area (Å²) in [6.07, 6.45) is 1.33. The van der Waals surface area contributed by atoms with Gasteiger partial charge < -0.3 is 16.8 Å². The predicted octanol–water partition coefficient (Wildman–Crippen LogP) is -1.76. The molecule has 0 aliphatic rings. The largest absolute Gasteiger partial charge is 0.368 e. The second kappa shape index (κ2) is 4.17. The molecule has 0 fully saturated rings. The highest BCUT2D eigenvalue weighted by molar-refractivity contribution is 5.89. The Morgan fingerprint density at radius 1 is 1.56 bits per heavy atom. The molecule has 0 unspecified atom stereocenters. The minimum atomic E-state index is -1.09. The Labute approximate surface area is 92.0 Å². The predicted molar refractivity (Wildman–Crippen MR) is 55.9 cm³/mol. The molecule has 2 amide bonds. The van der Waals surface area contributed by atoms with Crippen LogP contribution < -0.4 is 16.8 Å². The van der Waals surface area contributed by atoms with Gasteiger partial charge in [-0.05, 0) is 13.8 Å². The van der Waals surface area contributed by atoms with Crippen molar-refractivity contribution in [1.29, 1.82) is 0 Å². The minimum Gasteiger partial charge on any atom is -0.368 e. The summed E-state index contributed by atoms with van der Waals surface area (Å²) in [5, 5.41) is 6.20. The Kier molecular flexibility index (Phi) is 3.11. The summed E-state index contributed by atoms with van der Waals surface area (Å²) in [5.41, 5.74) is 9.29. The van der Waals surface area contributed by atoms with Crippen LogP contribution in [0.2, 0.25) is 0 Å². The Balaban J connectivity index is 2.58. The number of primary amides is 1. The van der Waals surface area contributed by atoms with E-state index in [0.717, 1.165) is 0 Å². The van der Waals surface area contributed by atoms with Crippen LogP contribution in [0, 0.1) is 0 Å². The van der Waals surface area contributed by atoms with Crippen LogP contribution in [-0.2, 0) is 16.1 Å². The first kappa shape index (κ1) is 12.0. The maximum absolute atomic E-state index is 11.5. The van der Waals surface area contributed by atoms with E-state index in [1.54, 1.807) is 0 Å². The van der Waals surface area contributed by atoms with Crippen LogP contribution >= 0.6 is 0 Å². The number of anilines is 1. The lowest BCUT2D eigenvalue weighted by atomic mass is 10.1. The van der Waals surface area contributed by atoms with Crippen molar-refractivity contribution in [1.82, 2.24) is 20.1 Å². The summed E-state index contributed by atoms with van der Waals surface area (Å²) < 4.78 is 1.27. The van der Waals surface area contributed by atoms with Crippen molar-refractivity contribution in [2.75, 3.05) is 5.73 Å². The van der Waals surface area contributed by atoms with Crippen LogP contribution in [0.1, 0.15) is 13.8 Å². The molecule has 0 saturated carbocycles. The van der Waals surface area contributed by atoms with Crippen molar-refractivity contribution >= 4 is 17.8 Å². The zero-order valence-electron chi connectivity index (χ0n) is 9.10. The molecule has 0 radical (unpaired) electrons. The molecule has 1 aromatic rings. The number of aromatic nitrogens is 3. The van der Waals surface area contributed by atoms with Crippen LogP contribution in [0.25, 0.3) is 0 Å². The molecule has 0 aromatic carbocycles. The van der Waals surface area contributed by atoms with Crippen molar-refractivity contribution in [3.8, 4) is 0 Å². The lowest BCUT2D eigenvalue weighted by Gasteiger charge is -2.21. The molecule has 0 bridgehead atoms. The monoisotopic (exact) mass is 226 g/mol. The van der Waals surface area contributed by atoms with E-state index in [2.05, 4.69) is 15.4 Å². The van der Waals surface area contributed by atoms with Crippen LogP contribution in [0.15, 0.2) is 6.33 Å². The fourth-order valence-electron chi connectivity index (χ4n) is 0.982. The third-order valence-electron chi connectivity index (χ3n) is 1.93. The Hall–Kier alpha value is -2.12. The second-order valence-electron chi connectivity index (χ2n) is 3.84. The number of hydrogen-bond acceptors (Lipinski definition) is 5. The molecule has 16 heavy (non-hydrogen) atoms. The van der Waals surface area contributed by atoms with Crippen molar-refractivity contribution in [3.05, 3.63) is 6.33 Å². The van der Waals surface area contributed by atoms with Gasteiger partial charge >= 0.3 is 0 Å². The molecule has 5 N–H and O–H groups in total. The lowest BCUT2D eigenvalue weighted by Crippen LogP contribution is -2.53. The maximum Gasteiger partial charge on any atom is 0.242 e. The summed E-state index contributed by atoms with van der Waals surface area (Å²) in [6, 6.07) is 0. The number of hydrogen-bond donors (Lipinski definition) is 3. The maximum atomic E-state index is 11.5. The van der Waals surface area contributed by atoms with Gasteiger partial charge in [-0.15, -0.1) is 5.10 Å². The molecule has 0 aliphatic carbocycles. The summed E-state index contributed by atoms with van der Waals surface area (Å²) in [6.45, 7) is 2.97. The molecule has 0 aliphatic heterocycles. The second-order valence-corrected chi connectivity index (χ2v) is 3.84. The van der Waals surface area contributed by atoms with Crippen molar-refractivity contribution < 1.29 is 9.59 Å². The number of nitrogens with zero attached hydrogens (tertiary/aromatic N) is 3. The molecule has 88 valence electrons. The highest BCUT2D eigenvalue weighted by atomic mass is 16.2. The van der Waals surface area contributed by atoms with Crippen LogP contribution in [0.4, 0.5) is 5.95 Å². The average molecular weight is 226 g/mol. The first-order valence-corrected chi connectivity index (χ1v) is 4.57. The zero-order chi connectivity index (χ0) is 12.3. The molecular weight excluding hydrogens is 212 g/mol. The number of amides is 2. The summed E-state index contributed by atoms with van der Waals surface area (Å²) in [4.78, 5) is 26.1. The normalized spacial score (nSPS) is 11.1. The van der Waals surface area contributed by atoms with E-state index in [-0.39, 0.29) is 12.5 Å². The molecular formula is C8H14N6O2. The van der Waals surface area contributed by atoms with E-state index >= 15 is 0 Å². The van der Waals surface area contributed by atoms with Gasteiger partial charge in [-0.1, -0.05) is 0 Å². The lowest BCUT2D eigenvalue weighted by molar-refractivity contribution is -0.130. The van der Waals surface area contributed by atoms with Gasteiger partial charge in [0.1, 0.15) is 18.4 Å². The standard InChI is InChI=1S/C8H14N6O2/c1-8(2,6(9)16)12-5(15)3-14-4-11-7(10)13-14/h4H,3H2,1-2H3,(H2,9,16)(H2,10,13)(H,12,15). The van der Waals surface area contributed by atoms with E-state index < -0.39 is 17.4 Å². The van der Waals surface area contributed by atoms with E-state index in [4.69, 9.17) is 11.5 Å². The highest BCUT2D eigenvalue weighted by Gasteiger charge is 2.26. The molecule has 8 heteroatoms. The van der Waals surface area contributed by atoms with Gasteiger partial charge in [0.2, 0.25) is 17.8 Å². The van der Waals surface area contributed by atoms with Gasteiger partial charge in [0.25, 0.3) is 0 Å². The average Bonchev–Trinajstić information content (AvgIpc) is 2.49. The van der Waals surface area contributed by atoms with Gasteiger partial charge in [-0.25, -0.2) is 9.67 Å². The number of nitrogen functional groups attached to an aromatic ring is 1. The quantitative estimate of drug-likeness (QED) is 0.560. The fraction of sp³-hybridized carbons (Fsp3) is 0.500. The van der Waals surface area contributed by atoms with E-state index in [9.17, 15) is 9.59 Å². The molecule has 8 nitrogen and oxygen atoms in total. The Morgan fingerprint density at radius 2 is 2.19 bits per heavy atom. The Bertz CT molecular complexity index is 410. The summed E-state index contributed by atoms with van der Waals surface area (Å²) in [5.74, 6) is -0.922. The molecule has 0 atom stereocenters. The number of nitrogens with two attached hydrogens (primary N) is 2. The summed E-state index contributed by atoms with van der Waals surface area (Å²) in [7, 11) is 0. The third-order valence-corrected chi connectivity index (χ3v) is 1.93. The first-order chi connectivity index (χ1) is 7.31. The van der Waals surface area contributed by atoms with Crippen LogP contribution in [0.5, 0.6) is 0 Å². The van der Waals surface area contributed by atoms with Gasteiger partial charge in [0, 0.05) is 0 Å². The number of carbonyl (C=O) groups is 2. The topological polar surface area (TPSA) is 129 Å². The highest BCUT2D eigenvalue weighted by Crippen LogP contribution is 2.00. The number of carbonyl (C=O) groups excluding carboxylic acids is 2. The molecule has 1 aromatic heterocycles. The van der Waals surface area contributed by atoms with Gasteiger partial charge in [-0.3, -0.25) is 9.59 Å². The van der Waals surface area contributed by atoms with E-state index in [0.29, 0.717) is 0 Å². The van der Waals surface area contributed by atoms with Crippen LogP contribution in [0.3, 0.4) is 0 Å². The molecule has 1 rings (SSSR count). The fourth-order valence-corrected chi connectivity index (χ4v) is 0.982. The van der Waals surface area contributed by atoms with Crippen molar-refractivity contribution in [3.63, 3.8) is 0 Å². The van der Waals surface area contributed by atoms with Crippen molar-refractivity contribution in [2.24, 2.45) is 5.73 Å². The van der Waals surface area contributed by atoms with Gasteiger partial charge in [0.15, 0.2) is 0 Å². The zero-order valence-corrected chi connectivity index (χ0v) is 9.10. The van der Waals surface area contributed by atoms with Crippen LogP contribution in [-0.4, -0.2) is 32.1 Å². The van der Waals surface area contributed by atoms with Crippen molar-refractivity contribution in [2.45, 2.75) is 25.9 Å². The smallest absolute Gasteiger partial charge is 0.242 e. The number of rotatable bonds is 4. The van der Waals surface area contributed by atoms with Gasteiger partial charge in [-0.2, -0.15) is 0 Å². The third kappa shape index (κ3) is 2.94. The molecule has 0 saturated heterocycles. The van der Waals surface area contributed by atoms with E-state index in [1.165, 1.54) is 24.9 Å². The summed E-state index contributed by atoms with van der Waals surface area (Å²) >= 11 is 0. The molecule has 0 spiro atoms. The number of nitrogens with one attached hydrogen (secondary N) is 1. The minimum absolute atomic E-state index is 0.0685. The van der Waals surface area contributed by atoms with E-state index in [1.807, 2.05) is 0 Å². The molecule has 1 heterocycles. The van der Waals surface area contributed by atoms with Gasteiger partial charge in [0.05, 0.1) is 0 Å².